The van der Waals surface area contributed by atoms with Gasteiger partial charge in [0, 0.05) is 19.2 Å². The molecular weight excluding hydrogens is 425 g/mol. The molecule has 1 aromatic carbocycles. The second-order valence-electron chi connectivity index (χ2n) is 7.75. The van der Waals surface area contributed by atoms with E-state index < -0.39 is 21.6 Å². The van der Waals surface area contributed by atoms with Crippen molar-refractivity contribution in [1.29, 1.82) is 0 Å². The summed E-state index contributed by atoms with van der Waals surface area (Å²) in [6, 6.07) is 4.38. The van der Waals surface area contributed by atoms with Crippen molar-refractivity contribution in [3.8, 4) is 0 Å². The number of hydrogen-bond donors (Lipinski definition) is 0. The molecular formula is C19H27Cl2NO5S. The normalized spacial score (nSPS) is 18.8. The molecule has 0 spiro atoms. The molecule has 1 aliphatic rings. The first kappa shape index (κ1) is 23.4. The van der Waals surface area contributed by atoms with Crippen LogP contribution >= 0.6 is 23.2 Å². The Kier molecular flexibility index (Phi) is 8.16. The van der Waals surface area contributed by atoms with Crippen molar-refractivity contribution >= 4 is 39.2 Å². The van der Waals surface area contributed by atoms with Gasteiger partial charge in [0.1, 0.15) is 17.1 Å². The Morgan fingerprint density at radius 3 is 2.64 bits per heavy atom. The van der Waals surface area contributed by atoms with E-state index in [4.69, 9.17) is 32.7 Å². The smallest absolute Gasteiger partial charge is 0.332 e. The van der Waals surface area contributed by atoms with Crippen LogP contribution in [0.1, 0.15) is 46.5 Å². The topological polar surface area (TPSA) is 72.9 Å². The minimum atomic E-state index is -3.77. The number of esters is 1. The van der Waals surface area contributed by atoms with Crippen molar-refractivity contribution in [2.24, 2.45) is 0 Å². The number of piperidine rings is 1. The highest BCUT2D eigenvalue weighted by Crippen LogP contribution is 2.34. The third kappa shape index (κ3) is 6.32. The van der Waals surface area contributed by atoms with E-state index in [1.54, 1.807) is 32.9 Å². The minimum Gasteiger partial charge on any atom is -0.458 e. The van der Waals surface area contributed by atoms with Gasteiger partial charge in [0.05, 0.1) is 10.0 Å². The summed E-state index contributed by atoms with van der Waals surface area (Å²) in [7, 11) is -3.77. The monoisotopic (exact) mass is 451 g/mol. The van der Waals surface area contributed by atoms with Gasteiger partial charge in [0.2, 0.25) is 10.0 Å². The molecule has 2 rings (SSSR count). The maximum atomic E-state index is 13.1. The molecule has 28 heavy (non-hydrogen) atoms. The number of hydrogen-bond acceptors (Lipinski definition) is 5. The molecule has 1 aliphatic heterocycles. The molecule has 0 amide bonds. The van der Waals surface area contributed by atoms with Crippen LogP contribution in [0.25, 0.3) is 0 Å². The average molecular weight is 452 g/mol. The summed E-state index contributed by atoms with van der Waals surface area (Å²) in [5.41, 5.74) is -0.565. The highest BCUT2D eigenvalue weighted by atomic mass is 35.5. The molecule has 0 aromatic heterocycles. The second kappa shape index (κ2) is 9.76. The molecule has 0 radical (unpaired) electrons. The Balaban J connectivity index is 2.00. The Labute approximate surface area is 177 Å². The van der Waals surface area contributed by atoms with Crippen LogP contribution in [0.5, 0.6) is 0 Å². The Hall–Kier alpha value is -0.860. The maximum absolute atomic E-state index is 13.1. The van der Waals surface area contributed by atoms with Crippen LogP contribution in [0.4, 0.5) is 0 Å². The van der Waals surface area contributed by atoms with Crippen molar-refractivity contribution < 1.29 is 22.7 Å². The Morgan fingerprint density at radius 1 is 1.25 bits per heavy atom. The fourth-order valence-electron chi connectivity index (χ4n) is 3.13. The molecule has 1 fully saturated rings. The fourth-order valence-corrected chi connectivity index (χ4v) is 5.60. The molecule has 0 saturated carbocycles. The number of carbonyl (C=O) groups excluding carboxylic acids is 1. The van der Waals surface area contributed by atoms with Gasteiger partial charge < -0.3 is 9.47 Å². The van der Waals surface area contributed by atoms with Gasteiger partial charge in [-0.05, 0) is 52.2 Å². The van der Waals surface area contributed by atoms with Crippen molar-refractivity contribution in [1.82, 2.24) is 4.31 Å². The summed E-state index contributed by atoms with van der Waals surface area (Å²) in [5.74, 6) is -0.439. The third-order valence-electron chi connectivity index (χ3n) is 4.31. The lowest BCUT2D eigenvalue weighted by molar-refractivity contribution is -0.160. The van der Waals surface area contributed by atoms with E-state index in [0.29, 0.717) is 13.0 Å². The zero-order valence-corrected chi connectivity index (χ0v) is 18.7. The predicted octanol–water partition coefficient (Wildman–Crippen LogP) is 4.29. The van der Waals surface area contributed by atoms with E-state index in [1.165, 1.54) is 10.4 Å². The quantitative estimate of drug-likeness (QED) is 0.456. The fraction of sp³-hybridized carbons (Fsp3) is 0.632. The molecule has 1 atom stereocenters. The van der Waals surface area contributed by atoms with Gasteiger partial charge in [-0.15, -0.1) is 0 Å². The second-order valence-corrected chi connectivity index (χ2v) is 10.4. The SMILES string of the molecule is CC(C)(C)OC(=O)COCC[C@H]1CCCCN1S(=O)(=O)c1cccc(Cl)c1Cl. The molecule has 1 heterocycles. The van der Waals surface area contributed by atoms with E-state index in [1.807, 2.05) is 0 Å². The van der Waals surface area contributed by atoms with Crippen molar-refractivity contribution in [3.63, 3.8) is 0 Å². The summed E-state index contributed by atoms with van der Waals surface area (Å²) in [5, 5.41) is 0.242. The van der Waals surface area contributed by atoms with E-state index >= 15 is 0 Å². The van der Waals surface area contributed by atoms with Gasteiger partial charge in [0.15, 0.2) is 0 Å². The summed E-state index contributed by atoms with van der Waals surface area (Å²) in [6.45, 7) is 5.89. The Bertz CT molecular complexity index is 792. The predicted molar refractivity (Wildman–Crippen MR) is 109 cm³/mol. The van der Waals surface area contributed by atoms with Crippen LogP contribution in [-0.4, -0.2) is 50.1 Å². The van der Waals surface area contributed by atoms with Crippen molar-refractivity contribution in [2.45, 2.75) is 63.0 Å². The number of halogens is 2. The minimum absolute atomic E-state index is 0.0169. The molecule has 0 unspecified atom stereocenters. The van der Waals surface area contributed by atoms with Crippen LogP contribution in [0.15, 0.2) is 23.1 Å². The molecule has 1 aromatic rings. The number of carbonyl (C=O) groups is 1. The lowest BCUT2D eigenvalue weighted by Gasteiger charge is -2.35. The van der Waals surface area contributed by atoms with E-state index in [-0.39, 0.29) is 34.2 Å². The van der Waals surface area contributed by atoms with Crippen LogP contribution in [-0.2, 0) is 24.3 Å². The zero-order valence-electron chi connectivity index (χ0n) is 16.4. The number of nitrogens with zero attached hydrogens (tertiary/aromatic N) is 1. The highest BCUT2D eigenvalue weighted by Gasteiger charge is 2.34. The molecule has 1 saturated heterocycles. The van der Waals surface area contributed by atoms with Gasteiger partial charge in [-0.25, -0.2) is 13.2 Å². The third-order valence-corrected chi connectivity index (χ3v) is 7.24. The highest BCUT2D eigenvalue weighted by molar-refractivity contribution is 7.89. The molecule has 0 N–H and O–H groups in total. The average Bonchev–Trinajstić information content (AvgIpc) is 2.59. The largest absolute Gasteiger partial charge is 0.458 e. The van der Waals surface area contributed by atoms with Gasteiger partial charge >= 0.3 is 5.97 Å². The maximum Gasteiger partial charge on any atom is 0.332 e. The Morgan fingerprint density at radius 2 is 1.96 bits per heavy atom. The van der Waals surface area contributed by atoms with E-state index in [9.17, 15) is 13.2 Å². The standard InChI is InChI=1S/C19H27Cl2NO5S/c1-19(2,3)27-17(23)13-26-12-10-14-7-4-5-11-22(14)28(24,25)16-9-6-8-15(20)18(16)21/h6,8-9,14H,4-5,7,10-13H2,1-3H3/t14-/m1/s1. The zero-order chi connectivity index (χ0) is 20.9. The molecule has 0 aliphatic carbocycles. The van der Waals surface area contributed by atoms with Crippen LogP contribution < -0.4 is 0 Å². The van der Waals surface area contributed by atoms with Gasteiger partial charge in [-0.3, -0.25) is 0 Å². The summed E-state index contributed by atoms with van der Waals surface area (Å²) >= 11 is 12.1. The number of ether oxygens (including phenoxy) is 2. The lowest BCUT2D eigenvalue weighted by atomic mass is 10.0. The molecule has 0 bridgehead atoms. The summed E-state index contributed by atoms with van der Waals surface area (Å²) < 4.78 is 38.3. The van der Waals surface area contributed by atoms with Gasteiger partial charge in [-0.2, -0.15) is 4.31 Å². The molecule has 158 valence electrons. The van der Waals surface area contributed by atoms with Crippen LogP contribution in [0.2, 0.25) is 10.0 Å². The summed E-state index contributed by atoms with van der Waals surface area (Å²) in [4.78, 5) is 11.7. The van der Waals surface area contributed by atoms with Gasteiger partial charge in [0.25, 0.3) is 0 Å². The van der Waals surface area contributed by atoms with Gasteiger partial charge in [-0.1, -0.05) is 35.7 Å². The lowest BCUT2D eigenvalue weighted by Crippen LogP contribution is -2.44. The van der Waals surface area contributed by atoms with E-state index in [0.717, 1.165) is 19.3 Å². The first-order valence-corrected chi connectivity index (χ1v) is 11.5. The molecule has 9 heteroatoms. The van der Waals surface area contributed by atoms with E-state index in [2.05, 4.69) is 0 Å². The number of benzene rings is 1. The van der Waals surface area contributed by atoms with Crippen molar-refractivity contribution in [3.05, 3.63) is 28.2 Å². The number of sulfonamides is 1. The first-order chi connectivity index (χ1) is 13.0. The van der Waals surface area contributed by atoms with Crippen molar-refractivity contribution in [2.75, 3.05) is 19.8 Å². The van der Waals surface area contributed by atoms with Crippen LogP contribution in [0, 0.1) is 0 Å². The molecule has 6 nitrogen and oxygen atoms in total. The summed E-state index contributed by atoms with van der Waals surface area (Å²) in [6.07, 6.45) is 2.94. The first-order valence-electron chi connectivity index (χ1n) is 9.28. The number of rotatable bonds is 7. The van der Waals surface area contributed by atoms with Crippen LogP contribution in [0.3, 0.4) is 0 Å².